The zero-order valence-electron chi connectivity index (χ0n) is 9.58. The molecule has 0 aliphatic rings. The van der Waals surface area contributed by atoms with Gasteiger partial charge in [0.1, 0.15) is 0 Å². The number of rotatable bonds is 1. The number of nitro groups is 1. The number of anilines is 1. The number of aryl methyl sites for hydroxylation is 2. The van der Waals surface area contributed by atoms with Crippen LogP contribution in [0.5, 0.6) is 0 Å². The van der Waals surface area contributed by atoms with E-state index in [0.717, 1.165) is 5.56 Å². The molecule has 2 aromatic rings. The lowest BCUT2D eigenvalue weighted by atomic mass is 10.2. The normalized spacial score (nSPS) is 9.29. The van der Waals surface area contributed by atoms with E-state index in [9.17, 15) is 10.1 Å². The van der Waals surface area contributed by atoms with Gasteiger partial charge in [-0.05, 0) is 13.8 Å². The molecular weight excluding hydrogens is 222 g/mol. The fraction of sp³-hybridized carbons (Fsp3) is 0.182. The van der Waals surface area contributed by atoms with Crippen LogP contribution in [0.25, 0.3) is 0 Å². The highest BCUT2D eigenvalue weighted by Crippen LogP contribution is 2.14. The van der Waals surface area contributed by atoms with E-state index in [0.29, 0.717) is 11.4 Å². The van der Waals surface area contributed by atoms with Crippen LogP contribution < -0.4 is 5.73 Å². The summed E-state index contributed by atoms with van der Waals surface area (Å²) < 4.78 is 4.49. The topological polar surface area (TPSA) is 95.2 Å². The van der Waals surface area contributed by atoms with Crippen molar-refractivity contribution in [1.82, 2.24) is 5.16 Å². The Morgan fingerprint density at radius 3 is 2.24 bits per heavy atom. The van der Waals surface area contributed by atoms with Crippen molar-refractivity contribution in [3.8, 4) is 0 Å². The molecule has 90 valence electrons. The van der Waals surface area contributed by atoms with Crippen LogP contribution in [0, 0.1) is 24.0 Å². The summed E-state index contributed by atoms with van der Waals surface area (Å²) in [6.07, 6.45) is 1.58. The lowest BCUT2D eigenvalue weighted by molar-refractivity contribution is -0.385. The van der Waals surface area contributed by atoms with Crippen molar-refractivity contribution in [2.24, 2.45) is 0 Å². The minimum absolute atomic E-state index is 0.183. The first-order chi connectivity index (χ1) is 8.02. The lowest BCUT2D eigenvalue weighted by Gasteiger charge is -1.92. The summed E-state index contributed by atoms with van der Waals surface area (Å²) in [5.74, 6) is 0.403. The number of hydrogen-bond donors (Lipinski definition) is 1. The predicted octanol–water partition coefficient (Wildman–Crippen LogP) is 2.47. The van der Waals surface area contributed by atoms with Crippen LogP contribution in [0.2, 0.25) is 0 Å². The number of hydrogen-bond acceptors (Lipinski definition) is 5. The summed E-state index contributed by atoms with van der Waals surface area (Å²) in [6, 6.07) is 6.65. The number of benzene rings is 1. The molecule has 2 rings (SSSR count). The van der Waals surface area contributed by atoms with Gasteiger partial charge in [0, 0.05) is 17.2 Å². The van der Waals surface area contributed by atoms with E-state index in [4.69, 9.17) is 5.73 Å². The van der Waals surface area contributed by atoms with Gasteiger partial charge >= 0.3 is 0 Å². The average Bonchev–Trinajstić information content (AvgIpc) is 2.64. The molecule has 0 spiro atoms. The van der Waals surface area contributed by atoms with Crippen LogP contribution in [0.1, 0.15) is 11.1 Å². The maximum atomic E-state index is 10.2. The third kappa shape index (κ3) is 3.60. The number of nitro benzene ring substituents is 1. The Hall–Kier alpha value is -2.37. The molecule has 0 fully saturated rings. The monoisotopic (exact) mass is 235 g/mol. The molecule has 1 aromatic heterocycles. The number of nitrogens with two attached hydrogens (primary N) is 1. The molecule has 1 heterocycles. The molecule has 0 aliphatic heterocycles. The second kappa shape index (κ2) is 5.64. The quantitative estimate of drug-likeness (QED) is 0.605. The predicted molar refractivity (Wildman–Crippen MR) is 63.5 cm³/mol. The molecule has 6 heteroatoms. The van der Waals surface area contributed by atoms with Crippen molar-refractivity contribution >= 4 is 11.6 Å². The number of nitrogens with zero attached hydrogens (tertiary/aromatic N) is 2. The Bertz CT molecular complexity index is 492. The summed E-state index contributed by atoms with van der Waals surface area (Å²) in [5.41, 5.74) is 6.98. The maximum absolute atomic E-state index is 10.2. The van der Waals surface area contributed by atoms with Crippen molar-refractivity contribution in [2.45, 2.75) is 13.8 Å². The van der Waals surface area contributed by atoms with Crippen molar-refractivity contribution in [2.75, 3.05) is 5.73 Å². The third-order valence-corrected chi connectivity index (χ3v) is 2.10. The summed E-state index contributed by atoms with van der Waals surface area (Å²) in [7, 11) is 0. The molecule has 6 nitrogen and oxygen atoms in total. The maximum Gasteiger partial charge on any atom is 0.272 e. The lowest BCUT2D eigenvalue weighted by Crippen LogP contribution is -1.89. The largest absolute Gasteiger partial charge is 0.367 e. The molecular formula is C11H13N3O3. The van der Waals surface area contributed by atoms with Crippen molar-refractivity contribution in [3.63, 3.8) is 0 Å². The molecule has 2 N–H and O–H groups in total. The molecule has 0 radical (unpaired) electrons. The van der Waals surface area contributed by atoms with Crippen LogP contribution >= 0.6 is 0 Å². The minimum atomic E-state index is -0.380. The summed E-state index contributed by atoms with van der Waals surface area (Å²) in [4.78, 5) is 9.85. The van der Waals surface area contributed by atoms with Gasteiger partial charge in [0.2, 0.25) is 5.88 Å². The van der Waals surface area contributed by atoms with Crippen LogP contribution in [0.15, 0.2) is 35.0 Å². The standard InChI is InChI=1S/C7H7NO2.C4H6N2O/c1-6-4-2-3-5-7(6)8(9)10;1-3-2-6-7-4(3)5/h2-5H,1H3;2H,5H2,1H3. The molecule has 17 heavy (non-hydrogen) atoms. The fourth-order valence-corrected chi connectivity index (χ4v) is 1.07. The molecule has 1 aromatic carbocycles. The minimum Gasteiger partial charge on any atom is -0.367 e. The smallest absolute Gasteiger partial charge is 0.272 e. The molecule has 0 unspecified atom stereocenters. The van der Waals surface area contributed by atoms with E-state index < -0.39 is 0 Å². The van der Waals surface area contributed by atoms with Gasteiger partial charge in [0.25, 0.3) is 5.69 Å². The molecule has 0 saturated heterocycles. The van der Waals surface area contributed by atoms with Crippen LogP contribution in [0.3, 0.4) is 0 Å². The Kier molecular flexibility index (Phi) is 4.21. The van der Waals surface area contributed by atoms with Gasteiger partial charge in [-0.3, -0.25) is 10.1 Å². The first kappa shape index (κ1) is 12.7. The van der Waals surface area contributed by atoms with E-state index in [2.05, 4.69) is 9.68 Å². The SMILES string of the molecule is Cc1ccccc1[N+](=O)[O-].Cc1cnoc1N. The second-order valence-electron chi connectivity index (χ2n) is 3.42. The number of nitrogen functional groups attached to an aromatic ring is 1. The zero-order valence-corrected chi connectivity index (χ0v) is 9.58. The van der Waals surface area contributed by atoms with E-state index in [1.807, 2.05) is 6.92 Å². The molecule has 0 aliphatic carbocycles. The highest BCUT2D eigenvalue weighted by Gasteiger charge is 2.05. The summed E-state index contributed by atoms with van der Waals surface area (Å²) in [6.45, 7) is 3.56. The van der Waals surface area contributed by atoms with Gasteiger partial charge in [0.15, 0.2) is 0 Å². The molecule has 0 atom stereocenters. The molecule has 0 saturated carbocycles. The highest BCUT2D eigenvalue weighted by molar-refractivity contribution is 5.38. The van der Waals surface area contributed by atoms with Gasteiger partial charge in [-0.25, -0.2) is 0 Å². The summed E-state index contributed by atoms with van der Waals surface area (Å²) in [5, 5.41) is 13.6. The van der Waals surface area contributed by atoms with Gasteiger partial charge < -0.3 is 10.3 Å². The Labute approximate surface area is 98.2 Å². The van der Waals surface area contributed by atoms with Crippen LogP contribution in [0.4, 0.5) is 11.6 Å². The molecule has 0 bridgehead atoms. The average molecular weight is 235 g/mol. The zero-order chi connectivity index (χ0) is 12.8. The van der Waals surface area contributed by atoms with E-state index in [1.165, 1.54) is 6.07 Å². The van der Waals surface area contributed by atoms with Crippen molar-refractivity contribution in [1.29, 1.82) is 0 Å². The Morgan fingerprint density at radius 1 is 1.29 bits per heavy atom. The first-order valence-corrected chi connectivity index (χ1v) is 4.89. The Morgan fingerprint density at radius 2 is 1.94 bits per heavy atom. The summed E-state index contributed by atoms with van der Waals surface area (Å²) >= 11 is 0. The van der Waals surface area contributed by atoms with E-state index in [1.54, 1.807) is 31.3 Å². The van der Waals surface area contributed by atoms with Gasteiger partial charge in [-0.15, -0.1) is 0 Å². The second-order valence-corrected chi connectivity index (χ2v) is 3.42. The number of para-hydroxylation sites is 1. The Balaban J connectivity index is 0.000000181. The highest BCUT2D eigenvalue weighted by atomic mass is 16.6. The first-order valence-electron chi connectivity index (χ1n) is 4.89. The van der Waals surface area contributed by atoms with Gasteiger partial charge in [-0.2, -0.15) is 0 Å². The van der Waals surface area contributed by atoms with Crippen LogP contribution in [-0.4, -0.2) is 10.1 Å². The van der Waals surface area contributed by atoms with E-state index >= 15 is 0 Å². The van der Waals surface area contributed by atoms with Crippen molar-refractivity contribution in [3.05, 3.63) is 51.7 Å². The fourth-order valence-electron chi connectivity index (χ4n) is 1.07. The van der Waals surface area contributed by atoms with Gasteiger partial charge in [0.05, 0.1) is 11.1 Å². The number of aromatic nitrogens is 1. The molecule has 0 amide bonds. The van der Waals surface area contributed by atoms with E-state index in [-0.39, 0.29) is 10.6 Å². The third-order valence-electron chi connectivity index (χ3n) is 2.10. The van der Waals surface area contributed by atoms with Crippen molar-refractivity contribution < 1.29 is 9.45 Å². The van der Waals surface area contributed by atoms with Crippen LogP contribution in [-0.2, 0) is 0 Å². The van der Waals surface area contributed by atoms with Gasteiger partial charge in [-0.1, -0.05) is 23.4 Å².